The van der Waals surface area contributed by atoms with E-state index in [1.807, 2.05) is 78.9 Å². The number of nitrogens with one attached hydrogen (secondary N) is 1. The number of rotatable bonds is 7. The molecule has 0 fully saturated rings. The third kappa shape index (κ3) is 5.31. The second-order valence-corrected chi connectivity index (χ2v) is 8.48. The van der Waals surface area contributed by atoms with Crippen molar-refractivity contribution >= 4 is 11.5 Å². The molecule has 0 unspecified atom stereocenters. The van der Waals surface area contributed by atoms with Gasteiger partial charge in [0.05, 0.1) is 17.5 Å². The Morgan fingerprint density at radius 1 is 0.914 bits per heavy atom. The Morgan fingerprint density at radius 3 is 2.37 bits per heavy atom. The van der Waals surface area contributed by atoms with E-state index in [1.54, 1.807) is 12.3 Å². The highest BCUT2D eigenvalue weighted by molar-refractivity contribution is 5.95. The fourth-order valence-corrected chi connectivity index (χ4v) is 4.25. The lowest BCUT2D eigenvalue weighted by Crippen LogP contribution is -2.20. The molecule has 1 aliphatic rings. The molecule has 2 heterocycles. The van der Waals surface area contributed by atoms with Crippen molar-refractivity contribution in [3.8, 4) is 28.1 Å². The molecule has 5 heteroatoms. The van der Waals surface area contributed by atoms with Crippen LogP contribution >= 0.6 is 0 Å². The quantitative estimate of drug-likeness (QED) is 0.349. The van der Waals surface area contributed by atoms with Crippen molar-refractivity contribution < 1.29 is 14.6 Å². The predicted octanol–water partition coefficient (Wildman–Crippen LogP) is 6.07. The van der Waals surface area contributed by atoms with Gasteiger partial charge in [0, 0.05) is 12.1 Å². The van der Waals surface area contributed by atoms with Gasteiger partial charge in [-0.25, -0.2) is 4.79 Å². The highest BCUT2D eigenvalue weighted by Gasteiger charge is 2.16. The third-order valence-corrected chi connectivity index (χ3v) is 6.16. The Morgan fingerprint density at radius 2 is 1.69 bits per heavy atom. The molecule has 0 amide bonds. The van der Waals surface area contributed by atoms with Crippen LogP contribution in [0.4, 0.5) is 0 Å². The molecule has 0 spiro atoms. The summed E-state index contributed by atoms with van der Waals surface area (Å²) in [6.07, 6.45) is 4.65. The van der Waals surface area contributed by atoms with Crippen LogP contribution < -0.4 is 10.1 Å². The van der Waals surface area contributed by atoms with Crippen LogP contribution in [0.15, 0.2) is 97.2 Å². The molecule has 35 heavy (non-hydrogen) atoms. The number of carbonyl (C=O) groups is 1. The summed E-state index contributed by atoms with van der Waals surface area (Å²) < 4.78 is 5.83. The largest absolute Gasteiger partial charge is 0.487 e. The van der Waals surface area contributed by atoms with Gasteiger partial charge in [0.25, 0.3) is 0 Å². The van der Waals surface area contributed by atoms with Gasteiger partial charge < -0.3 is 15.2 Å². The van der Waals surface area contributed by atoms with E-state index in [9.17, 15) is 9.90 Å². The van der Waals surface area contributed by atoms with Gasteiger partial charge in [-0.05, 0) is 65.1 Å². The zero-order valence-electron chi connectivity index (χ0n) is 19.3. The van der Waals surface area contributed by atoms with Gasteiger partial charge in [-0.3, -0.25) is 4.98 Å². The average Bonchev–Trinajstić information content (AvgIpc) is 2.93. The summed E-state index contributed by atoms with van der Waals surface area (Å²) >= 11 is 0. The van der Waals surface area contributed by atoms with E-state index in [1.165, 1.54) is 0 Å². The number of aromatic carboxylic acids is 1. The van der Waals surface area contributed by atoms with E-state index in [-0.39, 0.29) is 0 Å². The minimum absolute atomic E-state index is 0.345. The maximum atomic E-state index is 11.8. The zero-order chi connectivity index (χ0) is 24.0. The van der Waals surface area contributed by atoms with Crippen LogP contribution in [0, 0.1) is 0 Å². The first-order valence-electron chi connectivity index (χ1n) is 11.7. The molecule has 1 aromatic heterocycles. The second kappa shape index (κ2) is 10.4. The van der Waals surface area contributed by atoms with Gasteiger partial charge >= 0.3 is 5.97 Å². The van der Waals surface area contributed by atoms with Crippen molar-refractivity contribution in [2.45, 2.75) is 13.0 Å². The van der Waals surface area contributed by atoms with Crippen LogP contribution in [-0.2, 0) is 6.61 Å². The maximum Gasteiger partial charge on any atom is 0.336 e. The van der Waals surface area contributed by atoms with Crippen LogP contribution in [0.5, 0.6) is 5.75 Å². The highest BCUT2D eigenvalue weighted by Crippen LogP contribution is 2.31. The van der Waals surface area contributed by atoms with Crippen LogP contribution in [0.3, 0.4) is 0 Å². The number of carboxylic acids is 1. The van der Waals surface area contributed by atoms with Crippen LogP contribution in [-0.4, -0.2) is 29.1 Å². The smallest absolute Gasteiger partial charge is 0.336 e. The summed E-state index contributed by atoms with van der Waals surface area (Å²) in [6, 6.07) is 27.7. The number of benzene rings is 3. The third-order valence-electron chi connectivity index (χ3n) is 6.16. The molecule has 5 rings (SSSR count). The molecule has 0 aliphatic carbocycles. The number of hydrogen-bond acceptors (Lipinski definition) is 4. The number of hydrogen-bond donors (Lipinski definition) is 2. The topological polar surface area (TPSA) is 71.5 Å². The molecule has 3 aromatic carbocycles. The molecule has 0 bridgehead atoms. The van der Waals surface area contributed by atoms with E-state index in [2.05, 4.69) is 16.4 Å². The Balaban J connectivity index is 1.33. The highest BCUT2D eigenvalue weighted by atomic mass is 16.5. The Hall–Kier alpha value is -4.22. The SMILES string of the molecule is O=C(O)c1ccc(-c2ccc(-c3ccc(OCc4ccccc4)cn3)cc2)cc1C1=CCNCC1. The summed E-state index contributed by atoms with van der Waals surface area (Å²) in [5, 5.41) is 13.0. The van der Waals surface area contributed by atoms with Crippen molar-refractivity contribution in [2.24, 2.45) is 0 Å². The molecule has 2 N–H and O–H groups in total. The summed E-state index contributed by atoms with van der Waals surface area (Å²) in [5.74, 6) is -0.170. The molecule has 5 nitrogen and oxygen atoms in total. The Kier molecular flexibility index (Phi) is 6.68. The molecule has 4 aromatic rings. The summed E-state index contributed by atoms with van der Waals surface area (Å²) in [4.78, 5) is 16.4. The van der Waals surface area contributed by atoms with E-state index in [0.717, 1.165) is 64.3 Å². The molecular weight excluding hydrogens is 436 g/mol. The number of carboxylic acid groups (broad SMARTS) is 1. The van der Waals surface area contributed by atoms with E-state index in [4.69, 9.17) is 4.74 Å². The zero-order valence-corrected chi connectivity index (χ0v) is 19.3. The monoisotopic (exact) mass is 462 g/mol. The molecule has 0 radical (unpaired) electrons. The number of nitrogens with zero attached hydrogens (tertiary/aromatic N) is 1. The molecule has 174 valence electrons. The Labute approximate surface area is 204 Å². The maximum absolute atomic E-state index is 11.8. The standard InChI is InChI=1S/C30H26N2O3/c33-30(34)27-12-10-25(18-28(27)23-14-16-31-17-15-23)22-6-8-24(9-7-22)29-13-11-26(19-32-29)35-20-21-4-2-1-3-5-21/h1-14,18-19,31H,15-17,20H2,(H,33,34). The van der Waals surface area contributed by atoms with Gasteiger partial charge in [0.15, 0.2) is 0 Å². The summed E-state index contributed by atoms with van der Waals surface area (Å²) in [7, 11) is 0. The van der Waals surface area contributed by atoms with E-state index < -0.39 is 5.97 Å². The van der Waals surface area contributed by atoms with Gasteiger partial charge in [-0.2, -0.15) is 0 Å². The number of ether oxygens (including phenoxy) is 1. The normalized spacial score (nSPS) is 13.2. The number of aromatic nitrogens is 1. The van der Waals surface area contributed by atoms with Crippen molar-refractivity contribution in [3.05, 3.63) is 114 Å². The first-order chi connectivity index (χ1) is 17.2. The molecule has 0 saturated carbocycles. The van der Waals surface area contributed by atoms with Gasteiger partial charge in [0.1, 0.15) is 12.4 Å². The first kappa shape index (κ1) is 22.6. The lowest BCUT2D eigenvalue weighted by Gasteiger charge is -2.17. The lowest BCUT2D eigenvalue weighted by molar-refractivity contribution is 0.0696. The van der Waals surface area contributed by atoms with Gasteiger partial charge in [-0.15, -0.1) is 0 Å². The van der Waals surface area contributed by atoms with Crippen molar-refractivity contribution in [1.82, 2.24) is 10.3 Å². The van der Waals surface area contributed by atoms with E-state index >= 15 is 0 Å². The minimum Gasteiger partial charge on any atom is -0.487 e. The molecule has 0 atom stereocenters. The molecular formula is C30H26N2O3. The van der Waals surface area contributed by atoms with Gasteiger partial charge in [0.2, 0.25) is 0 Å². The Bertz CT molecular complexity index is 1350. The van der Waals surface area contributed by atoms with Crippen molar-refractivity contribution in [2.75, 3.05) is 13.1 Å². The molecule has 1 aliphatic heterocycles. The average molecular weight is 463 g/mol. The van der Waals surface area contributed by atoms with Crippen molar-refractivity contribution in [3.63, 3.8) is 0 Å². The lowest BCUT2D eigenvalue weighted by atomic mass is 9.91. The van der Waals surface area contributed by atoms with E-state index in [0.29, 0.717) is 12.2 Å². The summed E-state index contributed by atoms with van der Waals surface area (Å²) in [5.41, 5.74) is 7.24. The summed E-state index contributed by atoms with van der Waals surface area (Å²) in [6.45, 7) is 2.12. The fourth-order valence-electron chi connectivity index (χ4n) is 4.25. The predicted molar refractivity (Wildman–Crippen MR) is 138 cm³/mol. The fraction of sp³-hybridized carbons (Fsp3) is 0.133. The van der Waals surface area contributed by atoms with Crippen LogP contribution in [0.1, 0.15) is 27.9 Å². The number of pyridine rings is 1. The minimum atomic E-state index is -0.899. The van der Waals surface area contributed by atoms with Gasteiger partial charge in [-0.1, -0.05) is 66.7 Å². The molecule has 0 saturated heterocycles. The van der Waals surface area contributed by atoms with Crippen LogP contribution in [0.2, 0.25) is 0 Å². The van der Waals surface area contributed by atoms with Crippen molar-refractivity contribution in [1.29, 1.82) is 0 Å². The first-order valence-corrected chi connectivity index (χ1v) is 11.7. The van der Waals surface area contributed by atoms with Crippen LogP contribution in [0.25, 0.3) is 28.0 Å². The second-order valence-electron chi connectivity index (χ2n) is 8.48.